The number of halogens is 4. The molecule has 1 aliphatic rings. The van der Waals surface area contributed by atoms with Crippen LogP contribution in [0.15, 0.2) is 29.4 Å². The number of hydrogen-bond acceptors (Lipinski definition) is 7. The summed E-state index contributed by atoms with van der Waals surface area (Å²) in [6.45, 7) is -0.790. The second-order valence-electron chi connectivity index (χ2n) is 6.26. The Kier molecular flexibility index (Phi) is 6.67. The van der Waals surface area contributed by atoms with E-state index in [9.17, 15) is 28.1 Å². The maximum atomic E-state index is 14.4. The number of hydrogen-bond donors (Lipinski definition) is 2. The van der Waals surface area contributed by atoms with Gasteiger partial charge in [0.05, 0.1) is 11.5 Å². The molecule has 0 spiro atoms. The number of aryl methyl sites for hydroxylation is 1. The van der Waals surface area contributed by atoms with E-state index in [4.69, 9.17) is 10.5 Å². The predicted octanol–water partition coefficient (Wildman–Crippen LogP) is 1.99. The molecular formula is C16H16ClF3N6O4. The van der Waals surface area contributed by atoms with Gasteiger partial charge in [0.15, 0.2) is 5.54 Å². The third-order valence-electron chi connectivity index (χ3n) is 4.19. The fourth-order valence-corrected chi connectivity index (χ4v) is 2.90. The van der Waals surface area contributed by atoms with Crippen molar-refractivity contribution < 1.29 is 27.6 Å². The van der Waals surface area contributed by atoms with Crippen molar-refractivity contribution in [3.8, 4) is 0 Å². The van der Waals surface area contributed by atoms with Gasteiger partial charge < -0.3 is 15.8 Å². The number of amides is 1. The number of ether oxygens (including phenoxy) is 1. The molecule has 1 aromatic heterocycles. The summed E-state index contributed by atoms with van der Waals surface area (Å²) in [4.78, 5) is 26.4. The van der Waals surface area contributed by atoms with Crippen molar-refractivity contribution in [1.82, 2.24) is 9.78 Å². The first-order valence-corrected chi connectivity index (χ1v) is 8.13. The van der Waals surface area contributed by atoms with Crippen molar-refractivity contribution in [3.63, 3.8) is 0 Å². The molecule has 0 saturated carbocycles. The molecule has 3 rings (SSSR count). The molecular weight excluding hydrogens is 433 g/mol. The molecule has 3 N–H and O–H groups in total. The number of aromatic nitrogens is 2. The van der Waals surface area contributed by atoms with E-state index in [1.807, 2.05) is 0 Å². The summed E-state index contributed by atoms with van der Waals surface area (Å²) in [5.74, 6) is -2.20. The first-order chi connectivity index (χ1) is 13.6. The Morgan fingerprint density at radius 2 is 2.17 bits per heavy atom. The van der Waals surface area contributed by atoms with Gasteiger partial charge in [-0.2, -0.15) is 5.10 Å². The molecule has 14 heteroatoms. The number of nitro groups is 1. The SMILES string of the molecule is Cl.Cn1cc([N+](=O)[O-])c(C(=O)Nc2ccc(F)c([C@]3(C(F)F)COCC(N)=N3)c2)n1. The van der Waals surface area contributed by atoms with E-state index in [2.05, 4.69) is 15.4 Å². The largest absolute Gasteiger partial charge is 0.385 e. The van der Waals surface area contributed by atoms with Crippen LogP contribution in [-0.4, -0.2) is 46.1 Å². The Bertz CT molecular complexity index is 1010. The summed E-state index contributed by atoms with van der Waals surface area (Å²) in [5.41, 5.74) is 1.45. The number of rotatable bonds is 5. The smallest absolute Gasteiger partial charge is 0.320 e. The van der Waals surface area contributed by atoms with Gasteiger partial charge in [-0.1, -0.05) is 0 Å². The number of nitrogens with zero attached hydrogens (tertiary/aromatic N) is 4. The van der Waals surface area contributed by atoms with Crippen LogP contribution in [0, 0.1) is 15.9 Å². The van der Waals surface area contributed by atoms with Crippen LogP contribution in [0.2, 0.25) is 0 Å². The summed E-state index contributed by atoms with van der Waals surface area (Å²) in [5, 5.41) is 17.1. The van der Waals surface area contributed by atoms with Crippen LogP contribution in [0.5, 0.6) is 0 Å². The molecule has 0 aliphatic carbocycles. The van der Waals surface area contributed by atoms with Crippen LogP contribution < -0.4 is 11.1 Å². The minimum absolute atomic E-state index is 0. The molecule has 1 aromatic carbocycles. The van der Waals surface area contributed by atoms with Crippen LogP contribution in [-0.2, 0) is 17.3 Å². The Balaban J connectivity index is 0.00000320. The Morgan fingerprint density at radius 3 is 2.77 bits per heavy atom. The maximum absolute atomic E-state index is 14.4. The van der Waals surface area contributed by atoms with Crippen molar-refractivity contribution in [2.45, 2.75) is 12.0 Å². The van der Waals surface area contributed by atoms with Gasteiger partial charge in [-0.05, 0) is 18.2 Å². The number of carbonyl (C=O) groups is 1. The molecule has 10 nitrogen and oxygen atoms in total. The molecule has 1 amide bonds. The molecule has 0 fully saturated rings. The standard InChI is InChI=1S/C16H15F3N6O4.ClH/c1-24-5-11(25(27)28)13(23-24)14(26)21-8-2-3-10(17)9(4-8)16(15(18)19)7-29-6-12(20)22-16;/h2-5,15H,6-7H2,1H3,(H2,20,22)(H,21,26);1H/t16-;/m0./s1. The van der Waals surface area contributed by atoms with Gasteiger partial charge in [-0.25, -0.2) is 13.2 Å². The third-order valence-corrected chi connectivity index (χ3v) is 4.19. The summed E-state index contributed by atoms with van der Waals surface area (Å²) in [6.07, 6.45) is -2.12. The van der Waals surface area contributed by atoms with E-state index < -0.39 is 52.2 Å². The maximum Gasteiger partial charge on any atom is 0.320 e. The molecule has 0 saturated heterocycles. The lowest BCUT2D eigenvalue weighted by Gasteiger charge is -2.33. The van der Waals surface area contributed by atoms with Crippen molar-refractivity contribution >= 4 is 35.5 Å². The highest BCUT2D eigenvalue weighted by Crippen LogP contribution is 2.38. The molecule has 1 atom stereocenters. The number of carbonyl (C=O) groups excluding carboxylic acids is 1. The van der Waals surface area contributed by atoms with E-state index in [1.54, 1.807) is 0 Å². The van der Waals surface area contributed by atoms with Gasteiger partial charge in [0, 0.05) is 18.3 Å². The van der Waals surface area contributed by atoms with E-state index in [0.717, 1.165) is 29.1 Å². The number of anilines is 1. The van der Waals surface area contributed by atoms with E-state index in [-0.39, 0.29) is 30.5 Å². The van der Waals surface area contributed by atoms with Gasteiger partial charge in [0.1, 0.15) is 24.5 Å². The summed E-state index contributed by atoms with van der Waals surface area (Å²) >= 11 is 0. The number of nitrogens with one attached hydrogen (secondary N) is 1. The highest BCUT2D eigenvalue weighted by atomic mass is 35.5. The average molecular weight is 449 g/mol. The predicted molar refractivity (Wildman–Crippen MR) is 102 cm³/mol. The van der Waals surface area contributed by atoms with Gasteiger partial charge in [0.25, 0.3) is 12.3 Å². The fourth-order valence-electron chi connectivity index (χ4n) is 2.90. The fraction of sp³-hybridized carbons (Fsp3) is 0.312. The van der Waals surface area contributed by atoms with Crippen LogP contribution in [0.1, 0.15) is 16.1 Å². The number of alkyl halides is 2. The van der Waals surface area contributed by atoms with Crippen molar-refractivity contribution in [3.05, 3.63) is 51.6 Å². The molecule has 1 aliphatic heterocycles. The minimum Gasteiger partial charge on any atom is -0.385 e. The van der Waals surface area contributed by atoms with E-state index in [0.29, 0.717) is 0 Å². The third kappa shape index (κ3) is 4.21. The summed E-state index contributed by atoms with van der Waals surface area (Å²) in [6, 6.07) is 2.93. The monoisotopic (exact) mass is 448 g/mol. The highest BCUT2D eigenvalue weighted by Gasteiger charge is 2.46. The molecule has 30 heavy (non-hydrogen) atoms. The Morgan fingerprint density at radius 1 is 1.47 bits per heavy atom. The minimum atomic E-state index is -3.15. The lowest BCUT2D eigenvalue weighted by molar-refractivity contribution is -0.385. The first kappa shape index (κ1) is 23.1. The van der Waals surface area contributed by atoms with Gasteiger partial charge >= 0.3 is 5.69 Å². The van der Waals surface area contributed by atoms with Crippen LogP contribution in [0.3, 0.4) is 0 Å². The normalized spacial score (nSPS) is 18.5. The zero-order valence-electron chi connectivity index (χ0n) is 15.3. The Hall–Kier alpha value is -3.19. The van der Waals surface area contributed by atoms with Gasteiger partial charge in [0.2, 0.25) is 5.69 Å². The number of aliphatic imine (C=N–C) groups is 1. The van der Waals surface area contributed by atoms with Crippen molar-refractivity contribution in [2.75, 3.05) is 18.5 Å². The van der Waals surface area contributed by atoms with Gasteiger partial charge in [-0.15, -0.1) is 12.4 Å². The number of nitrogens with two attached hydrogens (primary N) is 1. The Labute approximate surface area is 173 Å². The zero-order chi connectivity index (χ0) is 21.3. The van der Waals surface area contributed by atoms with Gasteiger partial charge in [-0.3, -0.25) is 24.6 Å². The van der Waals surface area contributed by atoms with Crippen LogP contribution in [0.25, 0.3) is 0 Å². The zero-order valence-corrected chi connectivity index (χ0v) is 16.2. The average Bonchev–Trinajstić information content (AvgIpc) is 3.05. The van der Waals surface area contributed by atoms with Crippen molar-refractivity contribution in [2.24, 2.45) is 17.8 Å². The lowest BCUT2D eigenvalue weighted by Crippen LogP contribution is -2.45. The summed E-state index contributed by atoms with van der Waals surface area (Å²) < 4.78 is 48.2. The quantitative estimate of drug-likeness (QED) is 0.530. The molecule has 0 unspecified atom stereocenters. The highest BCUT2D eigenvalue weighted by molar-refractivity contribution is 6.05. The molecule has 162 valence electrons. The topological polar surface area (TPSA) is 138 Å². The molecule has 2 heterocycles. The van der Waals surface area contributed by atoms with Crippen molar-refractivity contribution in [1.29, 1.82) is 0 Å². The second kappa shape index (κ2) is 8.67. The first-order valence-electron chi connectivity index (χ1n) is 8.13. The van der Waals surface area contributed by atoms with E-state index >= 15 is 0 Å². The summed E-state index contributed by atoms with van der Waals surface area (Å²) in [7, 11) is 1.39. The molecule has 2 aromatic rings. The van der Waals surface area contributed by atoms with E-state index in [1.165, 1.54) is 7.05 Å². The van der Waals surface area contributed by atoms with Crippen LogP contribution >= 0.6 is 12.4 Å². The second-order valence-corrected chi connectivity index (χ2v) is 6.26. The number of benzene rings is 1. The van der Waals surface area contributed by atoms with Crippen LogP contribution in [0.4, 0.5) is 24.5 Å². The molecule has 0 bridgehead atoms. The lowest BCUT2D eigenvalue weighted by atomic mass is 9.90. The molecule has 0 radical (unpaired) electrons. The number of amidine groups is 1.